The summed E-state index contributed by atoms with van der Waals surface area (Å²) < 4.78 is 11.4. The highest BCUT2D eigenvalue weighted by atomic mass is 16.5. The first-order chi connectivity index (χ1) is 10.0. The minimum Gasteiger partial charge on any atom is -0.474 e. The SMILES string of the molecule is Cc1cc(OC2CCC(C)(O)C2)nc(N2CCOCC2)c1. The predicted molar refractivity (Wildman–Crippen MR) is 80.9 cm³/mol. The summed E-state index contributed by atoms with van der Waals surface area (Å²) in [5.74, 6) is 1.62. The van der Waals surface area contributed by atoms with Gasteiger partial charge in [-0.3, -0.25) is 0 Å². The van der Waals surface area contributed by atoms with E-state index in [0.717, 1.165) is 50.5 Å². The molecule has 0 spiro atoms. The lowest BCUT2D eigenvalue weighted by Crippen LogP contribution is -2.36. The van der Waals surface area contributed by atoms with Crippen LogP contribution in [0.2, 0.25) is 0 Å². The van der Waals surface area contributed by atoms with Gasteiger partial charge in [-0.2, -0.15) is 4.98 Å². The fourth-order valence-electron chi connectivity index (χ4n) is 3.07. The van der Waals surface area contributed by atoms with Crippen LogP contribution in [0.3, 0.4) is 0 Å². The third-order valence-corrected chi connectivity index (χ3v) is 4.23. The van der Waals surface area contributed by atoms with Gasteiger partial charge in [0.15, 0.2) is 0 Å². The van der Waals surface area contributed by atoms with Gasteiger partial charge in [0.25, 0.3) is 0 Å². The molecule has 0 bridgehead atoms. The maximum atomic E-state index is 10.0. The maximum absolute atomic E-state index is 10.0. The average Bonchev–Trinajstić information content (AvgIpc) is 2.78. The summed E-state index contributed by atoms with van der Waals surface area (Å²) in [6.07, 6.45) is 2.41. The molecule has 1 saturated heterocycles. The number of aryl methyl sites for hydroxylation is 1. The number of ether oxygens (including phenoxy) is 2. The monoisotopic (exact) mass is 292 g/mol. The third-order valence-electron chi connectivity index (χ3n) is 4.23. The molecular formula is C16H24N2O3. The molecular weight excluding hydrogens is 268 g/mol. The Hall–Kier alpha value is -1.33. The molecule has 21 heavy (non-hydrogen) atoms. The average molecular weight is 292 g/mol. The van der Waals surface area contributed by atoms with Gasteiger partial charge >= 0.3 is 0 Å². The van der Waals surface area contributed by atoms with E-state index >= 15 is 0 Å². The van der Waals surface area contributed by atoms with Crippen molar-refractivity contribution >= 4 is 5.82 Å². The first kappa shape index (κ1) is 14.6. The number of aromatic nitrogens is 1. The van der Waals surface area contributed by atoms with Crippen molar-refractivity contribution in [3.05, 3.63) is 17.7 Å². The first-order valence-corrected chi connectivity index (χ1v) is 7.72. The molecule has 2 fully saturated rings. The van der Waals surface area contributed by atoms with Crippen LogP contribution in [0.15, 0.2) is 12.1 Å². The van der Waals surface area contributed by atoms with Gasteiger partial charge in [0.2, 0.25) is 5.88 Å². The van der Waals surface area contributed by atoms with Crippen molar-refractivity contribution in [3.63, 3.8) is 0 Å². The van der Waals surface area contributed by atoms with Crippen LogP contribution in [0.5, 0.6) is 5.88 Å². The van der Waals surface area contributed by atoms with Gasteiger partial charge in [0, 0.05) is 25.6 Å². The number of morpholine rings is 1. The predicted octanol–water partition coefficient (Wildman–Crippen LogP) is 1.91. The summed E-state index contributed by atoms with van der Waals surface area (Å²) in [7, 11) is 0. The zero-order valence-corrected chi connectivity index (χ0v) is 12.8. The summed E-state index contributed by atoms with van der Waals surface area (Å²) in [4.78, 5) is 6.87. The van der Waals surface area contributed by atoms with E-state index in [-0.39, 0.29) is 6.10 Å². The molecule has 1 aliphatic carbocycles. The Bertz CT molecular complexity index is 498. The molecule has 2 aliphatic rings. The molecule has 1 aromatic heterocycles. The fourth-order valence-corrected chi connectivity index (χ4v) is 3.07. The minimum atomic E-state index is -0.596. The van der Waals surface area contributed by atoms with Gasteiger partial charge < -0.3 is 19.5 Å². The molecule has 2 unspecified atom stereocenters. The molecule has 2 atom stereocenters. The molecule has 2 heterocycles. The van der Waals surface area contributed by atoms with E-state index in [0.29, 0.717) is 12.3 Å². The van der Waals surface area contributed by atoms with E-state index in [9.17, 15) is 5.11 Å². The summed E-state index contributed by atoms with van der Waals surface area (Å²) in [6, 6.07) is 4.06. The first-order valence-electron chi connectivity index (χ1n) is 7.72. The van der Waals surface area contributed by atoms with Crippen LogP contribution in [0.25, 0.3) is 0 Å². The molecule has 3 rings (SSSR count). The molecule has 0 aromatic carbocycles. The highest BCUT2D eigenvalue weighted by Gasteiger charge is 2.34. The van der Waals surface area contributed by atoms with Crippen LogP contribution in [-0.2, 0) is 4.74 Å². The van der Waals surface area contributed by atoms with E-state index in [1.807, 2.05) is 13.0 Å². The molecule has 5 nitrogen and oxygen atoms in total. The Kier molecular flexibility index (Phi) is 4.04. The van der Waals surface area contributed by atoms with Crippen molar-refractivity contribution in [1.29, 1.82) is 0 Å². The maximum Gasteiger partial charge on any atom is 0.215 e. The van der Waals surface area contributed by atoms with E-state index in [2.05, 4.69) is 22.9 Å². The second kappa shape index (κ2) is 5.81. The lowest BCUT2D eigenvalue weighted by atomic mass is 10.1. The van der Waals surface area contributed by atoms with Crippen LogP contribution < -0.4 is 9.64 Å². The third kappa shape index (κ3) is 3.66. The van der Waals surface area contributed by atoms with Crippen molar-refractivity contribution in [2.45, 2.75) is 44.8 Å². The number of anilines is 1. The van der Waals surface area contributed by atoms with Crippen LogP contribution >= 0.6 is 0 Å². The van der Waals surface area contributed by atoms with Gasteiger partial charge in [0.1, 0.15) is 11.9 Å². The van der Waals surface area contributed by atoms with Gasteiger partial charge in [-0.1, -0.05) is 0 Å². The Balaban J connectivity index is 1.72. The van der Waals surface area contributed by atoms with Crippen molar-refractivity contribution in [1.82, 2.24) is 4.98 Å². The van der Waals surface area contributed by atoms with E-state index in [1.54, 1.807) is 0 Å². The van der Waals surface area contributed by atoms with E-state index in [1.165, 1.54) is 0 Å². The molecule has 0 radical (unpaired) electrons. The lowest BCUT2D eigenvalue weighted by molar-refractivity contribution is 0.0537. The molecule has 1 saturated carbocycles. The van der Waals surface area contributed by atoms with E-state index < -0.39 is 5.60 Å². The number of rotatable bonds is 3. The van der Waals surface area contributed by atoms with Gasteiger partial charge in [0.05, 0.1) is 18.8 Å². The van der Waals surface area contributed by atoms with Crippen LogP contribution in [0.4, 0.5) is 5.82 Å². The second-order valence-electron chi connectivity index (χ2n) is 6.42. The molecule has 116 valence electrons. The summed E-state index contributed by atoms with van der Waals surface area (Å²) in [6.45, 7) is 7.17. The van der Waals surface area contributed by atoms with Crippen LogP contribution in [-0.4, -0.2) is 48.1 Å². The molecule has 0 amide bonds. The summed E-state index contributed by atoms with van der Waals surface area (Å²) >= 11 is 0. The Labute approximate surface area is 125 Å². The fraction of sp³-hybridized carbons (Fsp3) is 0.688. The quantitative estimate of drug-likeness (QED) is 0.922. The van der Waals surface area contributed by atoms with Crippen molar-refractivity contribution in [2.24, 2.45) is 0 Å². The number of pyridine rings is 1. The van der Waals surface area contributed by atoms with Crippen molar-refractivity contribution in [3.8, 4) is 5.88 Å². The number of hydrogen-bond donors (Lipinski definition) is 1. The van der Waals surface area contributed by atoms with Gasteiger partial charge in [-0.15, -0.1) is 0 Å². The number of hydrogen-bond acceptors (Lipinski definition) is 5. The minimum absolute atomic E-state index is 0.0619. The molecule has 1 N–H and O–H groups in total. The van der Waals surface area contributed by atoms with Crippen molar-refractivity contribution < 1.29 is 14.6 Å². The highest BCUT2D eigenvalue weighted by molar-refractivity contribution is 5.44. The topological polar surface area (TPSA) is 54.8 Å². The normalized spacial score (nSPS) is 29.7. The summed E-state index contributed by atoms with van der Waals surface area (Å²) in [5, 5.41) is 10.0. The number of nitrogens with zero attached hydrogens (tertiary/aromatic N) is 2. The second-order valence-corrected chi connectivity index (χ2v) is 6.42. The number of aliphatic hydroxyl groups is 1. The Morgan fingerprint density at radius 3 is 2.81 bits per heavy atom. The smallest absolute Gasteiger partial charge is 0.215 e. The zero-order chi connectivity index (χ0) is 14.9. The van der Waals surface area contributed by atoms with Gasteiger partial charge in [-0.05, 0) is 38.3 Å². The van der Waals surface area contributed by atoms with Crippen LogP contribution in [0, 0.1) is 6.92 Å². The van der Waals surface area contributed by atoms with Crippen molar-refractivity contribution in [2.75, 3.05) is 31.2 Å². The molecule has 5 heteroatoms. The van der Waals surface area contributed by atoms with Crippen LogP contribution in [0.1, 0.15) is 31.7 Å². The largest absolute Gasteiger partial charge is 0.474 e. The highest BCUT2D eigenvalue weighted by Crippen LogP contribution is 2.32. The molecule has 1 aliphatic heterocycles. The van der Waals surface area contributed by atoms with E-state index in [4.69, 9.17) is 9.47 Å². The molecule has 1 aromatic rings. The lowest BCUT2D eigenvalue weighted by Gasteiger charge is -2.28. The zero-order valence-electron chi connectivity index (χ0n) is 12.8. The summed E-state index contributed by atoms with van der Waals surface area (Å²) in [5.41, 5.74) is 0.549. The Morgan fingerprint density at radius 1 is 1.38 bits per heavy atom. The standard InChI is InChI=1S/C16H24N2O3/c1-12-9-14(18-5-7-20-8-6-18)17-15(10-12)21-13-3-4-16(2,19)11-13/h9-10,13,19H,3-8,11H2,1-2H3. The van der Waals surface area contributed by atoms with Gasteiger partial charge in [-0.25, -0.2) is 0 Å². The Morgan fingerprint density at radius 2 is 2.14 bits per heavy atom.